The highest BCUT2D eigenvalue weighted by Crippen LogP contribution is 2.49. The summed E-state index contributed by atoms with van der Waals surface area (Å²) in [5.41, 5.74) is -0.105. The van der Waals surface area contributed by atoms with Crippen LogP contribution in [0.15, 0.2) is 40.8 Å². The number of carbonyl (C=O) groups is 1. The van der Waals surface area contributed by atoms with Gasteiger partial charge in [0.05, 0.1) is 4.92 Å². The van der Waals surface area contributed by atoms with Crippen LogP contribution in [0.1, 0.15) is 48.9 Å². The summed E-state index contributed by atoms with van der Waals surface area (Å²) in [6, 6.07) is 9.56. The van der Waals surface area contributed by atoms with Gasteiger partial charge in [-0.3, -0.25) is 14.9 Å². The Morgan fingerprint density at radius 3 is 2.82 bits per heavy atom. The minimum absolute atomic E-state index is 0.0140. The summed E-state index contributed by atoms with van der Waals surface area (Å²) in [5, 5.41) is 14.1. The Kier molecular flexibility index (Phi) is 5.07. The smallest absolute Gasteiger partial charge is 0.310 e. The number of amides is 1. The first-order valence-electron chi connectivity index (χ1n) is 9.77. The summed E-state index contributed by atoms with van der Waals surface area (Å²) in [5.74, 6) is 2.74. The Balaban J connectivity index is 1.34. The molecule has 1 N–H and O–H groups in total. The van der Waals surface area contributed by atoms with E-state index in [-0.39, 0.29) is 35.8 Å². The molecule has 1 heterocycles. The Labute approximate surface area is 163 Å². The maximum Gasteiger partial charge on any atom is 0.310 e. The lowest BCUT2D eigenvalue weighted by molar-refractivity contribution is -0.386. The number of fused-ring (bicyclic) bond motifs is 2. The summed E-state index contributed by atoms with van der Waals surface area (Å²) >= 11 is 0. The second-order valence-electron chi connectivity index (χ2n) is 7.88. The van der Waals surface area contributed by atoms with Crippen molar-refractivity contribution in [1.29, 1.82) is 0 Å². The topological polar surface area (TPSA) is 94.6 Å². The summed E-state index contributed by atoms with van der Waals surface area (Å²) in [4.78, 5) is 23.1. The van der Waals surface area contributed by atoms with Crippen LogP contribution >= 0.6 is 0 Å². The fraction of sp³-hybridized carbons (Fsp3) is 0.476. The van der Waals surface area contributed by atoms with Gasteiger partial charge in [0.25, 0.3) is 5.91 Å². The van der Waals surface area contributed by atoms with E-state index in [0.717, 1.165) is 11.8 Å². The summed E-state index contributed by atoms with van der Waals surface area (Å²) < 4.78 is 11.1. The van der Waals surface area contributed by atoms with Crippen LogP contribution in [0.2, 0.25) is 0 Å². The monoisotopic (exact) mass is 384 g/mol. The molecule has 4 rings (SSSR count). The number of para-hydroxylation sites is 2. The Hall–Kier alpha value is -2.83. The quantitative estimate of drug-likeness (QED) is 0.567. The Morgan fingerprint density at radius 1 is 1.29 bits per heavy atom. The second kappa shape index (κ2) is 7.66. The second-order valence-corrected chi connectivity index (χ2v) is 7.88. The van der Waals surface area contributed by atoms with Crippen LogP contribution in [0.3, 0.4) is 0 Å². The molecule has 148 valence electrons. The van der Waals surface area contributed by atoms with Crippen LogP contribution in [0.25, 0.3) is 0 Å². The normalized spacial score (nSPS) is 24.1. The van der Waals surface area contributed by atoms with Gasteiger partial charge in [0.1, 0.15) is 12.4 Å². The number of hydrogen-bond acceptors (Lipinski definition) is 5. The van der Waals surface area contributed by atoms with Gasteiger partial charge in [-0.25, -0.2) is 0 Å². The maximum absolute atomic E-state index is 12.5. The van der Waals surface area contributed by atoms with E-state index in [2.05, 4.69) is 12.2 Å². The van der Waals surface area contributed by atoms with Crippen molar-refractivity contribution >= 4 is 11.6 Å². The number of ether oxygens (including phenoxy) is 1. The number of furan rings is 1. The summed E-state index contributed by atoms with van der Waals surface area (Å²) in [6.45, 7) is 2.09. The van der Waals surface area contributed by atoms with Gasteiger partial charge >= 0.3 is 5.69 Å². The van der Waals surface area contributed by atoms with Crippen molar-refractivity contribution in [3.63, 3.8) is 0 Å². The van der Waals surface area contributed by atoms with E-state index < -0.39 is 4.92 Å². The predicted octanol–water partition coefficient (Wildman–Crippen LogP) is 4.32. The first-order valence-corrected chi connectivity index (χ1v) is 9.77. The van der Waals surface area contributed by atoms with Gasteiger partial charge in [-0.15, -0.1) is 0 Å². The van der Waals surface area contributed by atoms with Gasteiger partial charge in [0.15, 0.2) is 11.5 Å². The molecule has 0 saturated heterocycles. The largest absolute Gasteiger partial charge is 0.479 e. The van der Waals surface area contributed by atoms with Crippen molar-refractivity contribution in [2.75, 3.05) is 0 Å². The van der Waals surface area contributed by atoms with Crippen LogP contribution in [-0.2, 0) is 6.61 Å². The number of carbonyl (C=O) groups excluding carboxylic acids is 1. The van der Waals surface area contributed by atoms with E-state index in [4.69, 9.17) is 9.15 Å². The van der Waals surface area contributed by atoms with Gasteiger partial charge in [-0.1, -0.05) is 18.6 Å². The third kappa shape index (κ3) is 3.74. The van der Waals surface area contributed by atoms with Crippen molar-refractivity contribution in [1.82, 2.24) is 5.32 Å². The number of nitrogens with zero attached hydrogens (tertiary/aromatic N) is 1. The van der Waals surface area contributed by atoms with Crippen LogP contribution < -0.4 is 10.1 Å². The van der Waals surface area contributed by atoms with Crippen molar-refractivity contribution in [2.45, 2.75) is 45.3 Å². The zero-order valence-corrected chi connectivity index (χ0v) is 15.8. The highest BCUT2D eigenvalue weighted by atomic mass is 16.6. The molecular formula is C21H24N2O5. The number of nitro benzene ring substituents is 1. The molecule has 0 spiro atoms. The van der Waals surface area contributed by atoms with Crippen molar-refractivity contribution in [3.8, 4) is 5.75 Å². The third-order valence-electron chi connectivity index (χ3n) is 6.11. The first kappa shape index (κ1) is 18.5. The maximum atomic E-state index is 12.5. The van der Waals surface area contributed by atoms with Gasteiger partial charge in [-0.05, 0) is 62.1 Å². The molecule has 7 heteroatoms. The van der Waals surface area contributed by atoms with Gasteiger partial charge in [0.2, 0.25) is 0 Å². The summed E-state index contributed by atoms with van der Waals surface area (Å²) in [7, 11) is 0. The van der Waals surface area contributed by atoms with Crippen molar-refractivity contribution in [3.05, 3.63) is 58.0 Å². The van der Waals surface area contributed by atoms with E-state index in [1.165, 1.54) is 37.8 Å². The van der Waals surface area contributed by atoms with Crippen molar-refractivity contribution in [2.24, 2.45) is 17.8 Å². The fourth-order valence-corrected chi connectivity index (χ4v) is 4.75. The predicted molar refractivity (Wildman–Crippen MR) is 102 cm³/mol. The summed E-state index contributed by atoms with van der Waals surface area (Å²) in [6.07, 6.45) is 5.13. The number of rotatable bonds is 7. The minimum Gasteiger partial charge on any atom is -0.479 e. The zero-order chi connectivity index (χ0) is 19.7. The molecule has 1 amide bonds. The Morgan fingerprint density at radius 2 is 2.11 bits per heavy atom. The standard InChI is InChI=1S/C21H24N2O5/c1-13(17-11-14-6-7-15(17)10-14)22-21(24)20-9-8-16(28-20)12-27-19-5-3-2-4-18(19)23(25)26/h2-5,8-9,13-15,17H,6-7,10-12H2,1H3,(H,22,24). The SMILES string of the molecule is CC(NC(=O)c1ccc(COc2ccccc2[N+](=O)[O-])o1)C1CC2CCC1C2. The molecule has 1 aromatic heterocycles. The molecule has 2 aliphatic carbocycles. The van der Waals surface area contributed by atoms with Crippen LogP contribution in [0.5, 0.6) is 5.75 Å². The average molecular weight is 384 g/mol. The van der Waals surface area contributed by atoms with Crippen LogP contribution in [-0.4, -0.2) is 16.9 Å². The molecule has 2 aromatic rings. The minimum atomic E-state index is -0.493. The van der Waals surface area contributed by atoms with Gasteiger partial charge in [0, 0.05) is 12.1 Å². The average Bonchev–Trinajstić information content (AvgIpc) is 3.43. The van der Waals surface area contributed by atoms with E-state index in [0.29, 0.717) is 11.7 Å². The number of nitrogens with one attached hydrogen (secondary N) is 1. The molecule has 4 atom stereocenters. The molecule has 2 fully saturated rings. The van der Waals surface area contributed by atoms with Gasteiger partial charge < -0.3 is 14.5 Å². The lowest BCUT2D eigenvalue weighted by Crippen LogP contribution is -2.40. The van der Waals surface area contributed by atoms with E-state index in [1.807, 2.05) is 0 Å². The van der Waals surface area contributed by atoms with E-state index in [1.54, 1.807) is 24.3 Å². The van der Waals surface area contributed by atoms with Gasteiger partial charge in [-0.2, -0.15) is 0 Å². The number of benzene rings is 1. The first-order chi connectivity index (χ1) is 13.5. The van der Waals surface area contributed by atoms with Crippen LogP contribution in [0.4, 0.5) is 5.69 Å². The molecule has 2 bridgehead atoms. The number of hydrogen-bond donors (Lipinski definition) is 1. The fourth-order valence-electron chi connectivity index (χ4n) is 4.75. The molecule has 7 nitrogen and oxygen atoms in total. The third-order valence-corrected chi connectivity index (χ3v) is 6.11. The lowest BCUT2D eigenvalue weighted by atomic mass is 9.84. The Bertz CT molecular complexity index is 877. The van der Waals surface area contributed by atoms with E-state index >= 15 is 0 Å². The molecule has 2 saturated carbocycles. The molecule has 0 radical (unpaired) electrons. The highest BCUT2D eigenvalue weighted by Gasteiger charge is 2.42. The highest BCUT2D eigenvalue weighted by molar-refractivity contribution is 5.91. The molecule has 28 heavy (non-hydrogen) atoms. The number of nitro groups is 1. The molecule has 4 unspecified atom stereocenters. The molecule has 2 aliphatic rings. The van der Waals surface area contributed by atoms with Crippen LogP contribution in [0, 0.1) is 27.9 Å². The zero-order valence-electron chi connectivity index (χ0n) is 15.8. The van der Waals surface area contributed by atoms with E-state index in [9.17, 15) is 14.9 Å². The molecular weight excluding hydrogens is 360 g/mol. The lowest BCUT2D eigenvalue weighted by Gasteiger charge is -2.28. The molecule has 0 aliphatic heterocycles. The van der Waals surface area contributed by atoms with Crippen molar-refractivity contribution < 1.29 is 18.9 Å². The molecule has 1 aromatic carbocycles.